The molecule has 0 spiro atoms. The Bertz CT molecular complexity index is 261. The summed E-state index contributed by atoms with van der Waals surface area (Å²) in [6, 6.07) is 0. The van der Waals surface area contributed by atoms with E-state index in [1.807, 2.05) is 0 Å². The first-order valence-corrected chi connectivity index (χ1v) is 4.21. The van der Waals surface area contributed by atoms with Crippen LogP contribution in [-0.2, 0) is 4.18 Å². The number of alkyl halides is 3. The SMILES string of the molecule is Cc1nsc(SOC(F)(F)F)n1. The number of rotatable bonds is 2. The van der Waals surface area contributed by atoms with Crippen LogP contribution >= 0.6 is 23.6 Å². The summed E-state index contributed by atoms with van der Waals surface area (Å²) < 4.78 is 41.7. The second-order valence-electron chi connectivity index (χ2n) is 1.72. The van der Waals surface area contributed by atoms with Crippen molar-refractivity contribution >= 4 is 23.6 Å². The van der Waals surface area contributed by atoms with Crippen LogP contribution in [0.25, 0.3) is 0 Å². The van der Waals surface area contributed by atoms with Crippen LogP contribution in [0.2, 0.25) is 0 Å². The van der Waals surface area contributed by atoms with Crippen molar-refractivity contribution in [1.82, 2.24) is 9.36 Å². The minimum atomic E-state index is -4.63. The van der Waals surface area contributed by atoms with E-state index in [9.17, 15) is 13.2 Å². The van der Waals surface area contributed by atoms with Gasteiger partial charge in [-0.3, -0.25) is 0 Å². The van der Waals surface area contributed by atoms with Crippen molar-refractivity contribution in [3.8, 4) is 0 Å². The maximum Gasteiger partial charge on any atom is 0.534 e. The third-order valence-electron chi connectivity index (χ3n) is 0.716. The second kappa shape index (κ2) is 3.58. The fourth-order valence-electron chi connectivity index (χ4n) is 0.395. The van der Waals surface area contributed by atoms with E-state index in [1.54, 1.807) is 6.92 Å². The van der Waals surface area contributed by atoms with Crippen molar-refractivity contribution in [1.29, 1.82) is 0 Å². The van der Waals surface area contributed by atoms with Crippen molar-refractivity contribution in [3.63, 3.8) is 0 Å². The number of nitrogens with zero attached hydrogens (tertiary/aromatic N) is 2. The van der Waals surface area contributed by atoms with Gasteiger partial charge in [-0.05, 0) is 18.5 Å². The van der Waals surface area contributed by atoms with Crippen molar-refractivity contribution in [2.24, 2.45) is 0 Å². The Morgan fingerprint density at radius 1 is 1.50 bits per heavy atom. The Morgan fingerprint density at radius 3 is 2.58 bits per heavy atom. The highest BCUT2D eigenvalue weighted by Crippen LogP contribution is 2.29. The Morgan fingerprint density at radius 2 is 2.17 bits per heavy atom. The molecular weight excluding hydrogens is 213 g/mol. The molecule has 0 aromatic carbocycles. The van der Waals surface area contributed by atoms with Crippen LogP contribution in [0.1, 0.15) is 5.82 Å². The molecule has 0 bridgehead atoms. The third-order valence-corrected chi connectivity index (χ3v) is 2.25. The molecule has 0 fully saturated rings. The molecule has 1 heterocycles. The van der Waals surface area contributed by atoms with Gasteiger partial charge in [-0.15, -0.1) is 13.2 Å². The van der Waals surface area contributed by atoms with Gasteiger partial charge in [0.1, 0.15) is 5.82 Å². The van der Waals surface area contributed by atoms with E-state index in [0.717, 1.165) is 11.5 Å². The topological polar surface area (TPSA) is 35.0 Å². The third kappa shape index (κ3) is 3.37. The van der Waals surface area contributed by atoms with Gasteiger partial charge in [-0.2, -0.15) is 4.37 Å². The molecule has 3 nitrogen and oxygen atoms in total. The van der Waals surface area contributed by atoms with Gasteiger partial charge < -0.3 is 0 Å². The lowest BCUT2D eigenvalue weighted by atomic mass is 10.8. The number of halogens is 3. The molecule has 0 N–H and O–H groups in total. The van der Waals surface area contributed by atoms with Crippen LogP contribution in [-0.4, -0.2) is 15.7 Å². The lowest BCUT2D eigenvalue weighted by Gasteiger charge is -2.01. The summed E-state index contributed by atoms with van der Waals surface area (Å²) in [7, 11) is 0. The summed E-state index contributed by atoms with van der Waals surface area (Å²) >= 11 is 1.04. The van der Waals surface area contributed by atoms with Crippen LogP contribution < -0.4 is 0 Å². The fraction of sp³-hybridized carbons (Fsp3) is 0.500. The molecule has 8 heteroatoms. The Labute approximate surface area is 74.3 Å². The highest BCUT2D eigenvalue weighted by atomic mass is 32.2. The molecule has 68 valence electrons. The standard InChI is InChI=1S/C4H3F3N2OS2/c1-2-8-3(11-9-2)12-10-4(5,6)7/h1H3. The summed E-state index contributed by atoms with van der Waals surface area (Å²) in [5.74, 6) is 0.438. The summed E-state index contributed by atoms with van der Waals surface area (Å²) in [4.78, 5) is 3.66. The lowest BCUT2D eigenvalue weighted by Crippen LogP contribution is -2.07. The lowest BCUT2D eigenvalue weighted by molar-refractivity contribution is -0.266. The normalized spacial score (nSPS) is 12.0. The van der Waals surface area contributed by atoms with Gasteiger partial charge in [-0.25, -0.2) is 9.17 Å². The maximum absolute atomic E-state index is 11.5. The zero-order chi connectivity index (χ0) is 9.19. The Hall–Kier alpha value is -0.340. The van der Waals surface area contributed by atoms with Crippen LogP contribution in [0.15, 0.2) is 4.34 Å². The minimum Gasteiger partial charge on any atom is -0.212 e. The molecular formula is C4H3F3N2OS2. The second-order valence-corrected chi connectivity index (χ2v) is 3.45. The molecule has 0 aliphatic heterocycles. The first-order valence-electron chi connectivity index (χ1n) is 2.70. The fourth-order valence-corrected chi connectivity index (χ4v) is 1.49. The molecule has 0 unspecified atom stereocenters. The van der Waals surface area contributed by atoms with E-state index in [-0.39, 0.29) is 16.4 Å². The highest BCUT2D eigenvalue weighted by molar-refractivity contribution is 7.96. The Kier molecular flexibility index (Phi) is 2.91. The Balaban J connectivity index is 2.44. The molecule has 0 saturated heterocycles. The highest BCUT2D eigenvalue weighted by Gasteiger charge is 2.31. The van der Waals surface area contributed by atoms with Crippen molar-refractivity contribution in [3.05, 3.63) is 5.82 Å². The zero-order valence-corrected chi connectivity index (χ0v) is 7.39. The maximum atomic E-state index is 11.5. The zero-order valence-electron chi connectivity index (χ0n) is 5.75. The van der Waals surface area contributed by atoms with Crippen LogP contribution in [0.3, 0.4) is 0 Å². The van der Waals surface area contributed by atoms with Crippen LogP contribution in [0.4, 0.5) is 13.2 Å². The molecule has 0 saturated carbocycles. The average Bonchev–Trinajstić information content (AvgIpc) is 2.30. The van der Waals surface area contributed by atoms with Crippen LogP contribution in [0.5, 0.6) is 0 Å². The molecule has 12 heavy (non-hydrogen) atoms. The molecule has 0 aliphatic rings. The quantitative estimate of drug-likeness (QED) is 0.711. The summed E-state index contributed by atoms with van der Waals surface area (Å²) in [6.45, 7) is 1.59. The molecule has 1 aromatic rings. The van der Waals surface area contributed by atoms with Crippen molar-refractivity contribution in [2.45, 2.75) is 17.6 Å². The van der Waals surface area contributed by atoms with Gasteiger partial charge in [0.25, 0.3) is 0 Å². The van der Waals surface area contributed by atoms with Crippen molar-refractivity contribution in [2.75, 3.05) is 0 Å². The first kappa shape index (κ1) is 9.75. The van der Waals surface area contributed by atoms with Gasteiger partial charge in [-0.1, -0.05) is 0 Å². The van der Waals surface area contributed by atoms with Gasteiger partial charge in [0, 0.05) is 0 Å². The van der Waals surface area contributed by atoms with E-state index < -0.39 is 6.36 Å². The molecule has 0 aliphatic carbocycles. The van der Waals surface area contributed by atoms with Crippen molar-refractivity contribution < 1.29 is 17.4 Å². The number of hydrogen-bond donors (Lipinski definition) is 0. The van der Waals surface area contributed by atoms with E-state index in [4.69, 9.17) is 0 Å². The van der Waals surface area contributed by atoms with Gasteiger partial charge in [0.2, 0.25) is 0 Å². The monoisotopic (exact) mass is 216 g/mol. The molecule has 1 aromatic heterocycles. The van der Waals surface area contributed by atoms with Gasteiger partial charge in [0.05, 0.1) is 12.0 Å². The molecule has 0 amide bonds. The summed E-state index contributed by atoms with van der Waals surface area (Å²) in [5.41, 5.74) is 0. The van der Waals surface area contributed by atoms with Crippen LogP contribution in [0, 0.1) is 6.92 Å². The van der Waals surface area contributed by atoms with Gasteiger partial charge >= 0.3 is 6.36 Å². The first-order chi connectivity index (χ1) is 5.47. The number of hydrogen-bond acceptors (Lipinski definition) is 5. The van der Waals surface area contributed by atoms with E-state index in [0.29, 0.717) is 5.82 Å². The predicted molar refractivity (Wildman–Crippen MR) is 37.6 cm³/mol. The largest absolute Gasteiger partial charge is 0.534 e. The molecule has 1 rings (SSSR count). The minimum absolute atomic E-state index is 0.143. The number of aryl methyl sites for hydroxylation is 1. The van der Waals surface area contributed by atoms with E-state index in [1.165, 1.54) is 0 Å². The summed E-state index contributed by atoms with van der Waals surface area (Å²) in [6.07, 6.45) is -4.63. The van der Waals surface area contributed by atoms with E-state index >= 15 is 0 Å². The summed E-state index contributed by atoms with van der Waals surface area (Å²) in [5, 5.41) is 0. The smallest absolute Gasteiger partial charge is 0.212 e. The average molecular weight is 216 g/mol. The van der Waals surface area contributed by atoms with Gasteiger partial charge in [0.15, 0.2) is 4.34 Å². The predicted octanol–water partition coefficient (Wildman–Crippen LogP) is 2.39. The number of aromatic nitrogens is 2. The molecule has 0 atom stereocenters. The molecule has 0 radical (unpaired) electrons. The van der Waals surface area contributed by atoms with E-state index in [2.05, 4.69) is 13.5 Å².